The summed E-state index contributed by atoms with van der Waals surface area (Å²) < 4.78 is 49.4. The smallest absolute Gasteiger partial charge is 0.422 e. The summed E-state index contributed by atoms with van der Waals surface area (Å²) in [5.41, 5.74) is 1.81. The summed E-state index contributed by atoms with van der Waals surface area (Å²) in [6.07, 6.45) is -2.37. The van der Waals surface area contributed by atoms with Gasteiger partial charge in [0.1, 0.15) is 5.75 Å². The van der Waals surface area contributed by atoms with E-state index in [1.807, 2.05) is 37.3 Å². The van der Waals surface area contributed by atoms with Crippen LogP contribution < -0.4 is 19.6 Å². The van der Waals surface area contributed by atoms with Crippen molar-refractivity contribution in [3.63, 3.8) is 0 Å². The van der Waals surface area contributed by atoms with Crippen LogP contribution in [0.5, 0.6) is 5.75 Å². The molecule has 0 N–H and O–H groups in total. The summed E-state index contributed by atoms with van der Waals surface area (Å²) in [5.74, 6) is -0.526. The molecule has 36 heavy (non-hydrogen) atoms. The van der Waals surface area contributed by atoms with Crippen molar-refractivity contribution in [3.8, 4) is 5.75 Å². The lowest BCUT2D eigenvalue weighted by Crippen LogP contribution is -2.40. The Bertz CT molecular complexity index is 1510. The molecule has 11 heteroatoms. The number of benzene rings is 2. The lowest BCUT2D eigenvalue weighted by molar-refractivity contribution is -0.153. The number of nitrogens with zero attached hydrogens (tertiary/aromatic N) is 2. The van der Waals surface area contributed by atoms with E-state index in [1.165, 1.54) is 29.1 Å². The second-order valence-electron chi connectivity index (χ2n) is 7.79. The molecule has 4 rings (SSSR count). The average Bonchev–Trinajstić information content (AvgIpc) is 3.16. The quantitative estimate of drug-likeness (QED) is 0.402. The van der Waals surface area contributed by atoms with E-state index in [-0.39, 0.29) is 11.3 Å². The maximum Gasteiger partial charge on any atom is 0.422 e. The van der Waals surface area contributed by atoms with Gasteiger partial charge in [-0.15, -0.1) is 0 Å². The third kappa shape index (κ3) is 5.31. The molecule has 0 saturated heterocycles. The number of fused-ring (bicyclic) bond motifs is 1. The Balaban J connectivity index is 1.83. The summed E-state index contributed by atoms with van der Waals surface area (Å²) in [4.78, 5) is 31.4. The number of rotatable bonds is 6. The van der Waals surface area contributed by atoms with Gasteiger partial charge in [0.05, 0.1) is 33.4 Å². The Morgan fingerprint density at radius 3 is 2.56 bits per heavy atom. The maximum atomic E-state index is 13.6. The van der Waals surface area contributed by atoms with Crippen molar-refractivity contribution >= 4 is 39.3 Å². The van der Waals surface area contributed by atoms with E-state index in [2.05, 4.69) is 20.9 Å². The van der Waals surface area contributed by atoms with Crippen LogP contribution in [0.3, 0.4) is 0 Å². The second-order valence-corrected chi connectivity index (χ2v) is 9.66. The molecule has 0 amide bonds. The first-order chi connectivity index (χ1) is 17.1. The van der Waals surface area contributed by atoms with Crippen LogP contribution in [0.1, 0.15) is 30.5 Å². The minimum absolute atomic E-state index is 0.0327. The van der Waals surface area contributed by atoms with E-state index in [9.17, 15) is 22.8 Å². The number of ether oxygens (including phenoxy) is 2. The zero-order valence-electron chi connectivity index (χ0n) is 19.1. The highest BCUT2D eigenvalue weighted by Crippen LogP contribution is 2.32. The zero-order chi connectivity index (χ0) is 26.0. The summed E-state index contributed by atoms with van der Waals surface area (Å²) in [5, 5.41) is 0. The molecule has 1 aliphatic rings. The first-order valence-corrected chi connectivity index (χ1v) is 12.4. The van der Waals surface area contributed by atoms with Crippen molar-refractivity contribution in [2.24, 2.45) is 4.99 Å². The molecule has 0 unspecified atom stereocenters. The molecule has 6 nitrogen and oxygen atoms in total. The molecular weight excluding hydrogens is 561 g/mol. The molecule has 0 spiro atoms. The van der Waals surface area contributed by atoms with Crippen molar-refractivity contribution in [3.05, 3.63) is 95.1 Å². The van der Waals surface area contributed by atoms with Gasteiger partial charge in [-0.2, -0.15) is 13.2 Å². The van der Waals surface area contributed by atoms with Crippen LogP contribution in [0.25, 0.3) is 6.08 Å². The Labute approximate surface area is 216 Å². The minimum atomic E-state index is -4.46. The van der Waals surface area contributed by atoms with Crippen molar-refractivity contribution in [1.82, 2.24) is 4.57 Å². The molecule has 1 atom stereocenters. The Hall–Kier alpha value is -3.18. The van der Waals surface area contributed by atoms with E-state index in [0.29, 0.717) is 37.1 Å². The third-order valence-corrected chi connectivity index (χ3v) is 7.01. The van der Waals surface area contributed by atoms with Crippen LogP contribution in [-0.2, 0) is 9.53 Å². The van der Waals surface area contributed by atoms with Gasteiger partial charge < -0.3 is 9.47 Å². The highest BCUT2D eigenvalue weighted by Gasteiger charge is 2.33. The molecule has 0 radical (unpaired) electrons. The van der Waals surface area contributed by atoms with Crippen molar-refractivity contribution in [2.75, 3.05) is 13.7 Å². The number of aromatic nitrogens is 1. The van der Waals surface area contributed by atoms with Crippen molar-refractivity contribution in [1.29, 1.82) is 0 Å². The minimum Gasteiger partial charge on any atom is -0.483 e. The predicted octanol–water partition coefficient (Wildman–Crippen LogP) is 4.50. The highest BCUT2D eigenvalue weighted by atomic mass is 79.9. The normalized spacial score (nSPS) is 15.9. The fourth-order valence-corrected chi connectivity index (χ4v) is 5.38. The number of methoxy groups -OCH3 is 1. The number of allylic oxidation sites excluding steroid dienone is 1. The lowest BCUT2D eigenvalue weighted by Gasteiger charge is -2.25. The second kappa shape index (κ2) is 10.4. The molecule has 0 saturated carbocycles. The molecular formula is C25H20BrF3N2O4S. The first-order valence-electron chi connectivity index (χ1n) is 10.8. The van der Waals surface area contributed by atoms with Gasteiger partial charge in [0.15, 0.2) is 11.4 Å². The van der Waals surface area contributed by atoms with Gasteiger partial charge in [-0.25, -0.2) is 9.79 Å². The third-order valence-electron chi connectivity index (χ3n) is 5.41. The number of halogens is 4. The van der Waals surface area contributed by atoms with Crippen molar-refractivity contribution in [2.45, 2.75) is 25.6 Å². The molecule has 0 bridgehead atoms. The monoisotopic (exact) mass is 580 g/mol. The van der Waals surface area contributed by atoms with Crippen LogP contribution >= 0.6 is 27.3 Å². The summed E-state index contributed by atoms with van der Waals surface area (Å²) >= 11 is 4.39. The van der Waals surface area contributed by atoms with E-state index >= 15 is 0 Å². The van der Waals surface area contributed by atoms with Gasteiger partial charge in [0, 0.05) is 0 Å². The number of hydrogen-bond donors (Lipinski definition) is 0. The number of hydrogen-bond acceptors (Lipinski definition) is 6. The van der Waals surface area contributed by atoms with Crippen LogP contribution in [0, 0.1) is 0 Å². The Morgan fingerprint density at radius 1 is 1.22 bits per heavy atom. The van der Waals surface area contributed by atoms with E-state index in [0.717, 1.165) is 5.56 Å². The fourth-order valence-electron chi connectivity index (χ4n) is 3.85. The number of carbonyl (C=O) groups is 1. The molecule has 0 fully saturated rings. The summed E-state index contributed by atoms with van der Waals surface area (Å²) in [7, 11) is 1.29. The molecule has 2 heterocycles. The standard InChI is InChI=1S/C25H20BrF3N2O4S/c1-3-17-20(23(33)34-2)21(15-7-5-4-6-8-15)31-22(32)19(36-24(31)30-17)12-14-9-10-18(16(26)11-14)35-13-25(27,28)29/h4-12,21H,3,13H2,1-2H3/b19-12+/t21-/m1/s1. The molecule has 0 aliphatic carbocycles. The number of thiazole rings is 1. The predicted molar refractivity (Wildman–Crippen MR) is 133 cm³/mol. The van der Waals surface area contributed by atoms with E-state index < -0.39 is 24.8 Å². The van der Waals surface area contributed by atoms with Gasteiger partial charge in [0.25, 0.3) is 5.56 Å². The Kier molecular flexibility index (Phi) is 7.51. The maximum absolute atomic E-state index is 13.6. The average molecular weight is 581 g/mol. The summed E-state index contributed by atoms with van der Waals surface area (Å²) in [6.45, 7) is 0.462. The van der Waals surface area contributed by atoms with Crippen LogP contribution in [0.2, 0.25) is 0 Å². The van der Waals surface area contributed by atoms with Crippen LogP contribution in [0.4, 0.5) is 13.2 Å². The molecule has 188 valence electrons. The highest BCUT2D eigenvalue weighted by molar-refractivity contribution is 9.10. The van der Waals surface area contributed by atoms with E-state index in [1.54, 1.807) is 18.2 Å². The molecule has 1 aromatic heterocycles. The number of alkyl halides is 3. The van der Waals surface area contributed by atoms with E-state index in [4.69, 9.17) is 9.47 Å². The number of carbonyl (C=O) groups excluding carboxylic acids is 1. The van der Waals surface area contributed by atoms with Crippen molar-refractivity contribution < 1.29 is 27.4 Å². The van der Waals surface area contributed by atoms with Gasteiger partial charge in [-0.3, -0.25) is 9.36 Å². The zero-order valence-corrected chi connectivity index (χ0v) is 21.5. The van der Waals surface area contributed by atoms with Gasteiger partial charge in [-0.1, -0.05) is 54.7 Å². The first kappa shape index (κ1) is 25.9. The fraction of sp³-hybridized carbons (Fsp3) is 0.240. The largest absolute Gasteiger partial charge is 0.483 e. The van der Waals surface area contributed by atoms with Gasteiger partial charge in [0.2, 0.25) is 0 Å². The molecule has 2 aromatic carbocycles. The lowest BCUT2D eigenvalue weighted by atomic mass is 9.95. The topological polar surface area (TPSA) is 69.9 Å². The van der Waals surface area contributed by atoms with Crippen LogP contribution in [-0.4, -0.2) is 30.4 Å². The number of esters is 1. The summed E-state index contributed by atoms with van der Waals surface area (Å²) in [6, 6.07) is 13.0. The van der Waals surface area contributed by atoms with Crippen LogP contribution in [0.15, 0.2) is 74.1 Å². The molecule has 1 aliphatic heterocycles. The van der Waals surface area contributed by atoms with Gasteiger partial charge >= 0.3 is 12.1 Å². The SMILES string of the molecule is CCC1=C(C(=O)OC)[C@@H](c2ccccc2)n2c(s/c(=C/c3ccc(OCC(F)(F)F)c(Br)c3)c2=O)=N1. The molecule has 3 aromatic rings. The Morgan fingerprint density at radius 2 is 1.94 bits per heavy atom. The van der Waals surface area contributed by atoms with Gasteiger partial charge in [-0.05, 0) is 51.7 Å².